The van der Waals surface area contributed by atoms with Crippen LogP contribution in [-0.4, -0.2) is 23.1 Å². The van der Waals surface area contributed by atoms with Crippen molar-refractivity contribution in [3.05, 3.63) is 35.9 Å². The number of benzene rings is 1. The van der Waals surface area contributed by atoms with Crippen LogP contribution in [0.5, 0.6) is 0 Å². The van der Waals surface area contributed by atoms with Crippen LogP contribution in [0.25, 0.3) is 6.08 Å². The third-order valence-corrected chi connectivity index (χ3v) is 3.59. The average Bonchev–Trinajstić information content (AvgIpc) is 2.82. The van der Waals surface area contributed by atoms with E-state index < -0.39 is 5.97 Å². The van der Waals surface area contributed by atoms with E-state index in [4.69, 9.17) is 5.11 Å². The standard InChI is InChI=1S/C16H20N2O3/c1-11-5-7-14(9-11)18-16(21)17-13-4-2-3-12(10-13)6-8-15(19)20/h2-4,6,8,10-11,14H,5,7,9H2,1H3,(H,19,20)(H2,17,18,21)/b8-6+. The molecule has 0 aliphatic heterocycles. The van der Waals surface area contributed by atoms with Crippen LogP contribution in [0.2, 0.25) is 0 Å². The first-order valence-corrected chi connectivity index (χ1v) is 7.11. The van der Waals surface area contributed by atoms with Crippen molar-refractivity contribution >= 4 is 23.8 Å². The number of carbonyl (C=O) groups is 2. The highest BCUT2D eigenvalue weighted by molar-refractivity contribution is 5.90. The van der Waals surface area contributed by atoms with Gasteiger partial charge in [-0.2, -0.15) is 0 Å². The third kappa shape index (κ3) is 4.95. The highest BCUT2D eigenvalue weighted by Crippen LogP contribution is 2.24. The van der Waals surface area contributed by atoms with Gasteiger partial charge in [0.15, 0.2) is 0 Å². The van der Waals surface area contributed by atoms with Crippen LogP contribution in [0.4, 0.5) is 10.5 Å². The summed E-state index contributed by atoms with van der Waals surface area (Å²) in [5, 5.41) is 14.3. The molecule has 21 heavy (non-hydrogen) atoms. The number of carboxylic acids is 1. The average molecular weight is 288 g/mol. The van der Waals surface area contributed by atoms with Gasteiger partial charge in [-0.15, -0.1) is 0 Å². The number of aliphatic carboxylic acids is 1. The molecular weight excluding hydrogens is 268 g/mol. The molecule has 0 bridgehead atoms. The van der Waals surface area contributed by atoms with Gasteiger partial charge in [0.2, 0.25) is 0 Å². The van der Waals surface area contributed by atoms with Gasteiger partial charge < -0.3 is 15.7 Å². The van der Waals surface area contributed by atoms with Gasteiger partial charge in [0.05, 0.1) is 0 Å². The van der Waals surface area contributed by atoms with Crippen molar-refractivity contribution in [3.8, 4) is 0 Å². The van der Waals surface area contributed by atoms with Crippen LogP contribution in [0.15, 0.2) is 30.3 Å². The van der Waals surface area contributed by atoms with Crippen molar-refractivity contribution in [1.29, 1.82) is 0 Å². The molecule has 5 nitrogen and oxygen atoms in total. The molecule has 1 aromatic carbocycles. The molecule has 0 heterocycles. The summed E-state index contributed by atoms with van der Waals surface area (Å²) in [7, 11) is 0. The van der Waals surface area contributed by atoms with Gasteiger partial charge in [-0.3, -0.25) is 0 Å². The smallest absolute Gasteiger partial charge is 0.328 e. The minimum atomic E-state index is -0.999. The number of urea groups is 1. The van der Waals surface area contributed by atoms with Gasteiger partial charge in [-0.05, 0) is 49.0 Å². The molecule has 2 atom stereocenters. The summed E-state index contributed by atoms with van der Waals surface area (Å²) in [5.41, 5.74) is 1.37. The second-order valence-electron chi connectivity index (χ2n) is 5.51. The second-order valence-corrected chi connectivity index (χ2v) is 5.51. The van der Waals surface area contributed by atoms with E-state index in [1.54, 1.807) is 24.3 Å². The van der Waals surface area contributed by atoms with Crippen molar-refractivity contribution in [1.82, 2.24) is 5.32 Å². The molecular formula is C16H20N2O3. The lowest BCUT2D eigenvalue weighted by Gasteiger charge is -2.13. The van der Waals surface area contributed by atoms with Crippen LogP contribution in [0, 0.1) is 5.92 Å². The first-order valence-electron chi connectivity index (χ1n) is 7.11. The third-order valence-electron chi connectivity index (χ3n) is 3.59. The molecule has 3 N–H and O–H groups in total. The Bertz CT molecular complexity index is 554. The maximum atomic E-state index is 11.9. The summed E-state index contributed by atoms with van der Waals surface area (Å²) >= 11 is 0. The van der Waals surface area contributed by atoms with Gasteiger partial charge in [0.1, 0.15) is 0 Å². The van der Waals surface area contributed by atoms with E-state index in [-0.39, 0.29) is 12.1 Å². The lowest BCUT2D eigenvalue weighted by atomic mass is 10.1. The Morgan fingerprint density at radius 1 is 1.33 bits per heavy atom. The summed E-state index contributed by atoms with van der Waals surface area (Å²) < 4.78 is 0. The monoisotopic (exact) mass is 288 g/mol. The quantitative estimate of drug-likeness (QED) is 0.745. The molecule has 2 unspecified atom stereocenters. The lowest BCUT2D eigenvalue weighted by molar-refractivity contribution is -0.131. The van der Waals surface area contributed by atoms with Gasteiger partial charge in [-0.1, -0.05) is 19.1 Å². The highest BCUT2D eigenvalue weighted by Gasteiger charge is 2.22. The van der Waals surface area contributed by atoms with Crippen molar-refractivity contribution in [2.45, 2.75) is 32.2 Å². The Kier molecular flexibility index (Phi) is 4.98. The van der Waals surface area contributed by atoms with Crippen LogP contribution in [0.1, 0.15) is 31.7 Å². The second kappa shape index (κ2) is 6.92. The molecule has 2 amide bonds. The zero-order valence-corrected chi connectivity index (χ0v) is 12.0. The first-order chi connectivity index (χ1) is 10.0. The number of rotatable bonds is 4. The first kappa shape index (κ1) is 15.1. The number of nitrogens with one attached hydrogen (secondary N) is 2. The fourth-order valence-electron chi connectivity index (χ4n) is 2.58. The summed E-state index contributed by atoms with van der Waals surface area (Å²) in [4.78, 5) is 22.4. The number of hydrogen-bond acceptors (Lipinski definition) is 2. The number of carboxylic acid groups (broad SMARTS) is 1. The molecule has 1 saturated carbocycles. The van der Waals surface area contributed by atoms with E-state index >= 15 is 0 Å². The molecule has 0 radical (unpaired) electrons. The van der Waals surface area contributed by atoms with Crippen LogP contribution < -0.4 is 10.6 Å². The molecule has 1 aromatic rings. The van der Waals surface area contributed by atoms with E-state index in [1.807, 2.05) is 0 Å². The number of anilines is 1. The molecule has 0 aromatic heterocycles. The van der Waals surface area contributed by atoms with Gasteiger partial charge in [0.25, 0.3) is 0 Å². The van der Waals surface area contributed by atoms with Crippen molar-refractivity contribution in [2.75, 3.05) is 5.32 Å². The van der Waals surface area contributed by atoms with E-state index in [2.05, 4.69) is 17.6 Å². The maximum absolute atomic E-state index is 11.9. The van der Waals surface area contributed by atoms with E-state index in [9.17, 15) is 9.59 Å². The molecule has 0 saturated heterocycles. The van der Waals surface area contributed by atoms with Crippen LogP contribution in [0.3, 0.4) is 0 Å². The Morgan fingerprint density at radius 3 is 2.81 bits per heavy atom. The minimum absolute atomic E-state index is 0.214. The Morgan fingerprint density at radius 2 is 2.14 bits per heavy atom. The van der Waals surface area contributed by atoms with Gasteiger partial charge in [0, 0.05) is 17.8 Å². The van der Waals surface area contributed by atoms with Gasteiger partial charge in [-0.25, -0.2) is 9.59 Å². The summed E-state index contributed by atoms with van der Waals surface area (Å²) in [6, 6.07) is 7.09. The zero-order valence-electron chi connectivity index (χ0n) is 12.0. The molecule has 1 aliphatic rings. The minimum Gasteiger partial charge on any atom is -0.478 e. The zero-order chi connectivity index (χ0) is 15.2. The van der Waals surface area contributed by atoms with Gasteiger partial charge >= 0.3 is 12.0 Å². The van der Waals surface area contributed by atoms with Crippen LogP contribution >= 0.6 is 0 Å². The molecule has 0 spiro atoms. The largest absolute Gasteiger partial charge is 0.478 e. The Balaban J connectivity index is 1.91. The fourth-order valence-corrected chi connectivity index (χ4v) is 2.58. The Labute approximate surface area is 124 Å². The lowest BCUT2D eigenvalue weighted by Crippen LogP contribution is -2.36. The SMILES string of the molecule is CC1CCC(NC(=O)Nc2cccc(/C=C/C(=O)O)c2)C1. The summed E-state index contributed by atoms with van der Waals surface area (Å²) in [6.45, 7) is 2.19. The fraction of sp³-hybridized carbons (Fsp3) is 0.375. The highest BCUT2D eigenvalue weighted by atomic mass is 16.4. The van der Waals surface area contributed by atoms with Crippen molar-refractivity contribution < 1.29 is 14.7 Å². The van der Waals surface area contributed by atoms with Crippen molar-refractivity contribution in [3.63, 3.8) is 0 Å². The predicted molar refractivity (Wildman–Crippen MR) is 82.1 cm³/mol. The normalized spacial score (nSPS) is 21.4. The van der Waals surface area contributed by atoms with E-state index in [0.717, 1.165) is 30.9 Å². The predicted octanol–water partition coefficient (Wildman–Crippen LogP) is 3.09. The molecule has 2 rings (SSSR count). The molecule has 5 heteroatoms. The topological polar surface area (TPSA) is 78.4 Å². The van der Waals surface area contributed by atoms with Crippen LogP contribution in [-0.2, 0) is 4.79 Å². The molecule has 1 aliphatic carbocycles. The summed E-state index contributed by atoms with van der Waals surface area (Å²) in [6.07, 6.45) is 5.76. The summed E-state index contributed by atoms with van der Waals surface area (Å²) in [5.74, 6) is -0.332. The maximum Gasteiger partial charge on any atom is 0.328 e. The van der Waals surface area contributed by atoms with E-state index in [0.29, 0.717) is 11.6 Å². The Hall–Kier alpha value is -2.30. The van der Waals surface area contributed by atoms with Crippen molar-refractivity contribution in [2.24, 2.45) is 5.92 Å². The van der Waals surface area contributed by atoms with E-state index in [1.165, 1.54) is 6.08 Å². The molecule has 112 valence electrons. The number of hydrogen-bond donors (Lipinski definition) is 3. The number of amides is 2. The molecule has 1 fully saturated rings. The number of carbonyl (C=O) groups excluding carboxylic acids is 1.